The zero-order valence-corrected chi connectivity index (χ0v) is 18.9. The van der Waals surface area contributed by atoms with E-state index < -0.39 is 40.5 Å². The van der Waals surface area contributed by atoms with Crippen LogP contribution in [-0.4, -0.2) is 36.9 Å². The Hall–Kier alpha value is -3.52. The first-order valence-electron chi connectivity index (χ1n) is 9.45. The van der Waals surface area contributed by atoms with Crippen molar-refractivity contribution in [3.8, 4) is 6.07 Å². The number of rotatable bonds is 6. The van der Waals surface area contributed by atoms with Gasteiger partial charge in [-0.15, -0.1) is 0 Å². The largest absolute Gasteiger partial charge is 0.417 e. The Labute approximate surface area is 193 Å². The lowest BCUT2D eigenvalue weighted by Gasteiger charge is -2.38. The maximum Gasteiger partial charge on any atom is 0.417 e. The predicted molar refractivity (Wildman–Crippen MR) is 120 cm³/mol. The van der Waals surface area contributed by atoms with Gasteiger partial charge in [0.1, 0.15) is 11.4 Å². The molecule has 0 unspecified atom stereocenters. The smallest absolute Gasteiger partial charge is 0.361 e. The number of amides is 2. The summed E-state index contributed by atoms with van der Waals surface area (Å²) in [4.78, 5) is 27.3. The van der Waals surface area contributed by atoms with Gasteiger partial charge in [-0.05, 0) is 50.2 Å². The molecule has 0 aromatic heterocycles. The quantitative estimate of drug-likeness (QED) is 0.493. The Morgan fingerprint density at radius 1 is 1.12 bits per heavy atom. The van der Waals surface area contributed by atoms with Crippen molar-refractivity contribution in [1.29, 1.82) is 5.26 Å². The minimum atomic E-state index is -4.81. The topological polar surface area (TPSA) is 76.4 Å². The van der Waals surface area contributed by atoms with Gasteiger partial charge in [0.25, 0.3) is 11.8 Å². The molecule has 0 aliphatic carbocycles. The molecule has 0 saturated heterocycles. The number of alkyl halides is 3. The minimum Gasteiger partial charge on any atom is -0.361 e. The lowest BCUT2D eigenvalue weighted by molar-refractivity contribution is -0.137. The number of nitrogens with zero attached hydrogens (tertiary/aromatic N) is 3. The molecule has 6 nitrogen and oxygen atoms in total. The molecule has 0 aliphatic heterocycles. The van der Waals surface area contributed by atoms with Crippen LogP contribution in [0.3, 0.4) is 0 Å². The van der Waals surface area contributed by atoms with Gasteiger partial charge in [0, 0.05) is 25.5 Å². The number of nitrogens with one attached hydrogen (secondary N) is 1. The Morgan fingerprint density at radius 3 is 2.21 bits per heavy atom. The predicted octanol–water partition coefficient (Wildman–Crippen LogP) is 4.28. The number of likely N-dealkylation sites (N-methyl/N-ethyl adjacent to an activating group) is 1. The molecule has 2 rings (SSSR count). The molecule has 0 heterocycles. The molecule has 1 N–H and O–H groups in total. The number of carbonyl (C=O) groups excluding carboxylic acids is 2. The van der Waals surface area contributed by atoms with Crippen molar-refractivity contribution in [3.63, 3.8) is 0 Å². The second kappa shape index (κ2) is 9.54. The van der Waals surface area contributed by atoms with Crippen molar-refractivity contribution in [2.24, 2.45) is 0 Å². The van der Waals surface area contributed by atoms with Crippen molar-refractivity contribution in [1.82, 2.24) is 5.32 Å². The average molecular weight is 480 g/mol. The molecular weight excluding hydrogens is 460 g/mol. The fourth-order valence-electron chi connectivity index (χ4n) is 3.03. The number of nitriles is 1. The molecule has 0 spiro atoms. The van der Waals surface area contributed by atoms with Crippen molar-refractivity contribution in [3.05, 3.63) is 58.9 Å². The van der Waals surface area contributed by atoms with Gasteiger partial charge in [-0.1, -0.05) is 12.2 Å². The molecule has 0 fully saturated rings. The molecule has 0 radical (unpaired) electrons. The molecule has 0 bridgehead atoms. The van der Waals surface area contributed by atoms with E-state index in [0.717, 1.165) is 22.5 Å². The number of thiocarbonyl (C=S) groups is 1. The first-order valence-corrected chi connectivity index (χ1v) is 9.92. The van der Waals surface area contributed by atoms with E-state index in [2.05, 4.69) is 5.32 Å². The van der Waals surface area contributed by atoms with E-state index in [-0.39, 0.29) is 16.9 Å². The van der Waals surface area contributed by atoms with Crippen LogP contribution in [0, 0.1) is 17.1 Å². The number of carbonyl (C=O) groups is 2. The Bertz CT molecular complexity index is 1140. The molecule has 11 heteroatoms. The van der Waals surface area contributed by atoms with Crippen LogP contribution in [0.5, 0.6) is 0 Å². The molecule has 0 aliphatic rings. The normalized spacial score (nSPS) is 11.4. The maximum absolute atomic E-state index is 14.4. The van der Waals surface area contributed by atoms with E-state index in [1.165, 1.54) is 57.1 Å². The Kier molecular flexibility index (Phi) is 7.44. The van der Waals surface area contributed by atoms with Gasteiger partial charge >= 0.3 is 6.18 Å². The highest BCUT2D eigenvalue weighted by atomic mass is 32.1. The van der Waals surface area contributed by atoms with E-state index in [9.17, 15) is 27.2 Å². The van der Waals surface area contributed by atoms with Gasteiger partial charge in [-0.3, -0.25) is 14.5 Å². The molecule has 2 aromatic carbocycles. The lowest BCUT2D eigenvalue weighted by Crippen LogP contribution is -2.55. The summed E-state index contributed by atoms with van der Waals surface area (Å²) >= 11 is 4.89. The van der Waals surface area contributed by atoms with E-state index in [1.54, 1.807) is 0 Å². The summed E-state index contributed by atoms with van der Waals surface area (Å²) in [5.41, 5.74) is -2.41. The van der Waals surface area contributed by atoms with Crippen LogP contribution in [-0.2, 0) is 11.0 Å². The summed E-state index contributed by atoms with van der Waals surface area (Å²) in [5, 5.41) is 11.3. The third-order valence-electron chi connectivity index (χ3n) is 5.20. The maximum atomic E-state index is 14.4. The molecule has 0 atom stereocenters. The molecule has 33 heavy (non-hydrogen) atoms. The van der Waals surface area contributed by atoms with Crippen LogP contribution >= 0.6 is 12.2 Å². The van der Waals surface area contributed by atoms with Crippen LogP contribution in [0.25, 0.3) is 0 Å². The van der Waals surface area contributed by atoms with Gasteiger partial charge in [-0.2, -0.15) is 18.4 Å². The van der Waals surface area contributed by atoms with Crippen molar-refractivity contribution in [2.75, 3.05) is 23.9 Å². The fraction of sp³-hybridized carbons (Fsp3) is 0.273. The standard InChI is InChI=1S/C22H20F4N4O2S/c1-21(2,29(4)14-7-8-16(18(23)10-14)19(31)28-3)20(32)30(12-33)15-6-5-13(11-27)17(9-15)22(24,25)26/h5-10,12H,1-4H3,(H,28,31). The minimum absolute atomic E-state index is 0.177. The summed E-state index contributed by atoms with van der Waals surface area (Å²) in [6, 6.07) is 8.06. The Balaban J connectivity index is 2.45. The second-order valence-corrected chi connectivity index (χ2v) is 7.69. The molecule has 174 valence electrons. The number of halogens is 4. The number of hydrogen-bond donors (Lipinski definition) is 1. The highest BCUT2D eigenvalue weighted by Gasteiger charge is 2.39. The fourth-order valence-corrected chi connectivity index (χ4v) is 3.25. The van der Waals surface area contributed by atoms with E-state index in [0.29, 0.717) is 6.07 Å². The van der Waals surface area contributed by atoms with Gasteiger partial charge in [0.05, 0.1) is 28.3 Å². The lowest BCUT2D eigenvalue weighted by atomic mass is 9.99. The highest BCUT2D eigenvalue weighted by molar-refractivity contribution is 7.79. The van der Waals surface area contributed by atoms with Crippen LogP contribution < -0.4 is 15.1 Å². The van der Waals surface area contributed by atoms with Crippen molar-refractivity contribution in [2.45, 2.75) is 25.6 Å². The molecular formula is C22H20F4N4O2S. The van der Waals surface area contributed by atoms with Crippen LogP contribution in [0.1, 0.15) is 35.3 Å². The number of anilines is 2. The first kappa shape index (κ1) is 25.7. The zero-order chi connectivity index (χ0) is 25.1. The number of benzene rings is 2. The van der Waals surface area contributed by atoms with E-state index in [4.69, 9.17) is 17.5 Å². The summed E-state index contributed by atoms with van der Waals surface area (Å²) < 4.78 is 54.5. The molecule has 2 amide bonds. The van der Waals surface area contributed by atoms with Crippen molar-refractivity contribution < 1.29 is 27.2 Å². The summed E-state index contributed by atoms with van der Waals surface area (Å²) in [5.74, 6) is -2.13. The van der Waals surface area contributed by atoms with E-state index in [1.807, 2.05) is 0 Å². The van der Waals surface area contributed by atoms with Crippen molar-refractivity contribution >= 4 is 40.9 Å². The molecule has 2 aromatic rings. The summed E-state index contributed by atoms with van der Waals surface area (Å²) in [7, 11) is 2.85. The third kappa shape index (κ3) is 5.12. The second-order valence-electron chi connectivity index (χ2n) is 7.48. The SMILES string of the molecule is CNC(=O)c1ccc(N(C)C(C)(C)C(=O)N(C=S)c2ccc(C#N)c(C(F)(F)F)c2)cc1F. The van der Waals surface area contributed by atoms with Gasteiger partial charge in [-0.25, -0.2) is 4.39 Å². The van der Waals surface area contributed by atoms with Crippen LogP contribution in [0.2, 0.25) is 0 Å². The van der Waals surface area contributed by atoms with Crippen LogP contribution in [0.4, 0.5) is 28.9 Å². The first-order chi connectivity index (χ1) is 15.3. The van der Waals surface area contributed by atoms with Gasteiger partial charge in [0.2, 0.25) is 0 Å². The van der Waals surface area contributed by atoms with Gasteiger partial charge in [0.15, 0.2) is 0 Å². The summed E-state index contributed by atoms with van der Waals surface area (Å²) in [6.45, 7) is 2.97. The zero-order valence-electron chi connectivity index (χ0n) is 18.1. The Morgan fingerprint density at radius 2 is 1.73 bits per heavy atom. The highest BCUT2D eigenvalue weighted by Crippen LogP contribution is 2.35. The van der Waals surface area contributed by atoms with Gasteiger partial charge < -0.3 is 10.2 Å². The molecule has 0 saturated carbocycles. The number of hydrogen-bond acceptors (Lipinski definition) is 5. The monoisotopic (exact) mass is 480 g/mol. The third-order valence-corrected chi connectivity index (χ3v) is 5.42. The average Bonchev–Trinajstić information content (AvgIpc) is 2.77. The van der Waals surface area contributed by atoms with E-state index >= 15 is 0 Å². The summed E-state index contributed by atoms with van der Waals surface area (Å²) in [6.07, 6.45) is -4.81. The van der Waals surface area contributed by atoms with Crippen LogP contribution in [0.15, 0.2) is 36.4 Å².